The molecule has 1 aromatic carbocycles. The Kier molecular flexibility index (Phi) is 10.8. The number of nitrogens with one attached hydrogen (secondary N) is 3. The van der Waals surface area contributed by atoms with Gasteiger partial charge < -0.3 is 39.4 Å². The van der Waals surface area contributed by atoms with E-state index in [4.69, 9.17) is 18.9 Å². The summed E-state index contributed by atoms with van der Waals surface area (Å²) < 4.78 is 50.0. The summed E-state index contributed by atoms with van der Waals surface area (Å²) >= 11 is 0. The van der Waals surface area contributed by atoms with Gasteiger partial charge in [0.05, 0.1) is 25.4 Å². The number of alkyl carbamates (subject to hydrolysis) is 1. The first kappa shape index (κ1) is 40.7. The monoisotopic (exact) mass is 824 g/mol. The molecule has 4 heterocycles. The van der Waals surface area contributed by atoms with Crippen molar-refractivity contribution in [3.63, 3.8) is 0 Å². The molecule has 312 valence electrons. The maximum absolute atomic E-state index is 14.7. The highest BCUT2D eigenvalue weighted by molar-refractivity contribution is 7.91. The molecule has 0 radical (unpaired) electrons. The smallest absolute Gasteiger partial charge is 0.408 e. The van der Waals surface area contributed by atoms with Crippen LogP contribution in [0.15, 0.2) is 43.1 Å². The minimum Gasteiger partial charge on any atom is -0.497 e. The third-order valence-electron chi connectivity index (χ3n) is 11.1. The van der Waals surface area contributed by atoms with Gasteiger partial charge >= 0.3 is 12.1 Å². The molecule has 7 rings (SSSR count). The number of esters is 1. The van der Waals surface area contributed by atoms with Crippen LogP contribution >= 0.6 is 0 Å². The van der Waals surface area contributed by atoms with Crippen molar-refractivity contribution < 1.29 is 56.1 Å². The number of sulfonamides is 1. The zero-order valence-electron chi connectivity index (χ0n) is 32.7. The van der Waals surface area contributed by atoms with Crippen LogP contribution in [-0.2, 0) is 43.5 Å². The maximum atomic E-state index is 14.7. The van der Waals surface area contributed by atoms with Crippen LogP contribution in [0.25, 0.3) is 10.8 Å². The number of ether oxygens (including phenoxy) is 4. The normalized spacial score (nSPS) is 26.7. The molecule has 58 heavy (non-hydrogen) atoms. The van der Waals surface area contributed by atoms with E-state index in [0.717, 1.165) is 5.39 Å². The number of methoxy groups -OCH3 is 1. The van der Waals surface area contributed by atoms with Gasteiger partial charge in [0.2, 0.25) is 33.6 Å². The number of benzene rings is 1. The topological polar surface area (TPSA) is 229 Å². The summed E-state index contributed by atoms with van der Waals surface area (Å²) in [5.74, 6) is -3.08. The van der Waals surface area contributed by atoms with Gasteiger partial charge in [0.25, 0.3) is 5.91 Å². The van der Waals surface area contributed by atoms with E-state index in [1.807, 2.05) is 0 Å². The van der Waals surface area contributed by atoms with E-state index in [0.29, 0.717) is 30.4 Å². The summed E-state index contributed by atoms with van der Waals surface area (Å²) in [7, 11) is -2.42. The lowest BCUT2D eigenvalue weighted by Gasteiger charge is -2.31. The maximum Gasteiger partial charge on any atom is 0.408 e. The second kappa shape index (κ2) is 15.4. The van der Waals surface area contributed by atoms with Gasteiger partial charge in [-0.25, -0.2) is 23.0 Å². The van der Waals surface area contributed by atoms with Crippen molar-refractivity contribution in [2.24, 2.45) is 5.92 Å². The van der Waals surface area contributed by atoms with Gasteiger partial charge in [-0.1, -0.05) is 6.08 Å². The number of likely N-dealkylation sites (tertiary alicyclic amines) is 2. The largest absolute Gasteiger partial charge is 0.497 e. The summed E-state index contributed by atoms with van der Waals surface area (Å²) in [5, 5.41) is 6.02. The van der Waals surface area contributed by atoms with Crippen molar-refractivity contribution in [1.82, 2.24) is 30.1 Å². The van der Waals surface area contributed by atoms with Gasteiger partial charge in [-0.3, -0.25) is 23.9 Å². The van der Waals surface area contributed by atoms with Crippen LogP contribution in [0.1, 0.15) is 65.7 Å². The molecule has 2 aliphatic carbocycles. The number of rotatable bonds is 14. The first-order valence-electron chi connectivity index (χ1n) is 19.3. The zero-order valence-corrected chi connectivity index (χ0v) is 33.5. The van der Waals surface area contributed by atoms with Crippen LogP contribution in [0.3, 0.4) is 0 Å². The molecule has 5 fully saturated rings. The lowest BCUT2D eigenvalue weighted by Crippen LogP contribution is -2.58. The average molecular weight is 825 g/mol. The van der Waals surface area contributed by atoms with E-state index in [2.05, 4.69) is 26.9 Å². The van der Waals surface area contributed by atoms with E-state index >= 15 is 0 Å². The summed E-state index contributed by atoms with van der Waals surface area (Å²) in [6.45, 7) is 8.73. The minimum atomic E-state index is -3.96. The molecule has 19 heteroatoms. The minimum absolute atomic E-state index is 0.0784. The van der Waals surface area contributed by atoms with Gasteiger partial charge in [-0.15, -0.1) is 6.58 Å². The first-order chi connectivity index (χ1) is 27.4. The molecule has 0 spiro atoms. The molecule has 5 aliphatic rings. The molecular formula is C39H48N6O12S. The van der Waals surface area contributed by atoms with Crippen molar-refractivity contribution in [3.05, 3.63) is 43.1 Å². The van der Waals surface area contributed by atoms with Gasteiger partial charge in [-0.05, 0) is 76.1 Å². The number of aromatic nitrogens is 1. The number of carbonyl (C=O) groups is 6. The Balaban J connectivity index is 1.16. The van der Waals surface area contributed by atoms with Gasteiger partial charge in [-0.2, -0.15) is 0 Å². The molecule has 2 bridgehead atoms. The third-order valence-corrected chi connectivity index (χ3v) is 12.9. The molecule has 1 aromatic heterocycles. The van der Waals surface area contributed by atoms with Crippen molar-refractivity contribution in [1.29, 1.82) is 0 Å². The number of morpholine rings is 1. The molecule has 1 unspecified atom stereocenters. The number of amides is 5. The summed E-state index contributed by atoms with van der Waals surface area (Å²) in [5.41, 5.74) is -2.58. The van der Waals surface area contributed by atoms with Crippen LogP contribution in [0.2, 0.25) is 0 Å². The zero-order chi connectivity index (χ0) is 41.7. The van der Waals surface area contributed by atoms with Crippen molar-refractivity contribution in [2.45, 2.75) is 112 Å². The molecule has 2 saturated carbocycles. The standard InChI is InChI=1S/C39H48N6O12S/c1-6-22-18-39(22,36(50)43-58(52,53)26-8-9-26)42-32(47)29-16-24(55-33-27-10-7-23(54-5)15-21(27)13-14-40-33)20-45(29)34(48)28(41-37(51)57-38(2,3)4)11-12-31(46)44-19-25-17-30(44)35(49)56-25/h6-7,10,13-15,22,24-26,28-30H,1,8-9,11-12,16-20H2,2-5H3,(H,41,51)(H,42,47)(H,43,50)/t22-,24?,25-,28+,29+,30-,39-/m1/s1. The molecular weight excluding hydrogens is 777 g/mol. The Morgan fingerprint density at radius 3 is 2.50 bits per heavy atom. The Hall–Kier alpha value is -5.46. The Morgan fingerprint density at radius 2 is 1.86 bits per heavy atom. The first-order valence-corrected chi connectivity index (χ1v) is 20.9. The number of hydrogen-bond acceptors (Lipinski definition) is 13. The number of carbonyl (C=O) groups excluding carboxylic acids is 6. The fourth-order valence-electron chi connectivity index (χ4n) is 7.84. The average Bonchev–Trinajstić information content (AvgIpc) is 4.02. The molecule has 7 atom stereocenters. The van der Waals surface area contributed by atoms with E-state index in [1.54, 1.807) is 58.3 Å². The van der Waals surface area contributed by atoms with Crippen LogP contribution < -0.4 is 24.8 Å². The van der Waals surface area contributed by atoms with E-state index in [9.17, 15) is 37.2 Å². The number of pyridine rings is 1. The Labute approximate surface area is 335 Å². The van der Waals surface area contributed by atoms with Crippen LogP contribution in [0, 0.1) is 5.92 Å². The number of hydrogen-bond donors (Lipinski definition) is 3. The summed E-state index contributed by atoms with van der Waals surface area (Å²) in [6, 6.07) is 3.69. The van der Waals surface area contributed by atoms with E-state index in [-0.39, 0.29) is 44.7 Å². The van der Waals surface area contributed by atoms with E-state index < -0.39 is 98.4 Å². The SMILES string of the molecule is C=C[C@@H]1C[C@]1(NC(=O)[C@@H]1CC(Oc2nccc3cc(OC)ccc23)CN1C(=O)[C@H](CCC(=O)N1C[C@H]2C[C@@H]1C(=O)O2)NC(=O)OC(C)(C)C)C(=O)NS(=O)(=O)C1CC1. The van der Waals surface area contributed by atoms with E-state index in [1.165, 1.54) is 15.9 Å². The molecule has 18 nitrogen and oxygen atoms in total. The van der Waals surface area contributed by atoms with Crippen LogP contribution in [-0.4, -0.2) is 126 Å². The highest BCUT2D eigenvalue weighted by atomic mass is 32.2. The second-order valence-electron chi connectivity index (χ2n) is 16.5. The predicted molar refractivity (Wildman–Crippen MR) is 204 cm³/mol. The molecule has 2 aromatic rings. The Bertz CT molecular complexity index is 2150. The lowest BCUT2D eigenvalue weighted by molar-refractivity contribution is -0.157. The van der Waals surface area contributed by atoms with Gasteiger partial charge in [0.1, 0.15) is 47.2 Å². The van der Waals surface area contributed by atoms with Crippen LogP contribution in [0.5, 0.6) is 11.6 Å². The van der Waals surface area contributed by atoms with Crippen LogP contribution in [0.4, 0.5) is 4.79 Å². The fraction of sp³-hybridized carbons (Fsp3) is 0.564. The highest BCUT2D eigenvalue weighted by Gasteiger charge is 2.62. The predicted octanol–water partition coefficient (Wildman–Crippen LogP) is 1.46. The van der Waals surface area contributed by atoms with Gasteiger partial charge in [0.15, 0.2) is 0 Å². The summed E-state index contributed by atoms with van der Waals surface area (Å²) in [4.78, 5) is 88.4. The molecule has 3 N–H and O–H groups in total. The number of fused-ring (bicyclic) bond motifs is 3. The highest BCUT2D eigenvalue weighted by Crippen LogP contribution is 2.45. The molecule has 5 amide bonds. The second-order valence-corrected chi connectivity index (χ2v) is 18.4. The number of nitrogens with zero attached hydrogens (tertiary/aromatic N) is 3. The third kappa shape index (κ3) is 8.40. The quantitative estimate of drug-likeness (QED) is 0.181. The Morgan fingerprint density at radius 1 is 1.10 bits per heavy atom. The molecule has 3 saturated heterocycles. The molecule has 3 aliphatic heterocycles. The fourth-order valence-corrected chi connectivity index (χ4v) is 9.21. The van der Waals surface area contributed by atoms with Crippen molar-refractivity contribution in [2.75, 3.05) is 20.2 Å². The van der Waals surface area contributed by atoms with Crippen molar-refractivity contribution >= 4 is 56.5 Å². The van der Waals surface area contributed by atoms with Crippen molar-refractivity contribution in [3.8, 4) is 11.6 Å². The lowest BCUT2D eigenvalue weighted by atomic mass is 10.1. The van der Waals surface area contributed by atoms with Gasteiger partial charge in [0, 0.05) is 36.8 Å². The summed E-state index contributed by atoms with van der Waals surface area (Å²) in [6.07, 6.45) is 1.59.